The Kier molecular flexibility index (Phi) is 2.44. The zero-order chi connectivity index (χ0) is 11.9. The van der Waals surface area contributed by atoms with E-state index in [1.54, 1.807) is 19.1 Å². The summed E-state index contributed by atoms with van der Waals surface area (Å²) in [5.41, 5.74) is 0.636. The second-order valence-corrected chi connectivity index (χ2v) is 3.85. The van der Waals surface area contributed by atoms with Crippen molar-refractivity contribution in [3.05, 3.63) is 44.7 Å². The zero-order valence-corrected chi connectivity index (χ0v) is 9.13. The first kappa shape index (κ1) is 10.7. The zero-order valence-electron chi connectivity index (χ0n) is 8.37. The molecule has 0 saturated carbocycles. The summed E-state index contributed by atoms with van der Waals surface area (Å²) in [7, 11) is 0. The lowest BCUT2D eigenvalue weighted by Gasteiger charge is -2.04. The summed E-state index contributed by atoms with van der Waals surface area (Å²) in [5, 5.41) is 9.58. The number of carboxylic acids is 1. The van der Waals surface area contributed by atoms with E-state index in [-0.39, 0.29) is 11.1 Å². The first-order valence-electron chi connectivity index (χ1n) is 4.56. The first-order valence-corrected chi connectivity index (χ1v) is 4.94. The number of halogens is 1. The molecule has 0 aliphatic heterocycles. The van der Waals surface area contributed by atoms with E-state index in [1.807, 2.05) is 0 Å². The molecule has 1 aromatic carbocycles. The lowest BCUT2D eigenvalue weighted by Crippen LogP contribution is -2.09. The molecule has 82 valence electrons. The Bertz CT molecular complexity index is 645. The second kappa shape index (κ2) is 3.64. The van der Waals surface area contributed by atoms with E-state index in [9.17, 15) is 9.59 Å². The van der Waals surface area contributed by atoms with Crippen LogP contribution < -0.4 is 5.43 Å². The van der Waals surface area contributed by atoms with Gasteiger partial charge in [-0.1, -0.05) is 17.7 Å². The summed E-state index contributed by atoms with van der Waals surface area (Å²) >= 11 is 6.01. The number of hydrogen-bond acceptors (Lipinski definition) is 2. The smallest absolute Gasteiger partial charge is 0.352 e. The van der Waals surface area contributed by atoms with Gasteiger partial charge in [0.05, 0.1) is 10.5 Å². The van der Waals surface area contributed by atoms with Crippen molar-refractivity contribution in [1.29, 1.82) is 0 Å². The summed E-state index contributed by atoms with van der Waals surface area (Å²) in [4.78, 5) is 25.1. The van der Waals surface area contributed by atoms with E-state index >= 15 is 0 Å². The maximum absolute atomic E-state index is 11.6. The number of benzene rings is 1. The van der Waals surface area contributed by atoms with Crippen LogP contribution in [0.5, 0.6) is 0 Å². The van der Waals surface area contributed by atoms with Gasteiger partial charge in [-0.3, -0.25) is 4.79 Å². The minimum Gasteiger partial charge on any atom is -0.477 e. The fourth-order valence-corrected chi connectivity index (χ4v) is 1.71. The van der Waals surface area contributed by atoms with Gasteiger partial charge in [-0.15, -0.1) is 0 Å². The molecule has 16 heavy (non-hydrogen) atoms. The van der Waals surface area contributed by atoms with Gasteiger partial charge in [0, 0.05) is 11.5 Å². The Morgan fingerprint density at radius 2 is 2.12 bits per heavy atom. The highest BCUT2D eigenvalue weighted by Crippen LogP contribution is 2.23. The molecule has 2 rings (SSSR count). The predicted octanol–water partition coefficient (Wildman–Crippen LogP) is 2.19. The van der Waals surface area contributed by atoms with Gasteiger partial charge in [-0.25, -0.2) is 4.79 Å². The van der Waals surface area contributed by atoms with Gasteiger partial charge in [0.2, 0.25) is 0 Å². The number of aryl methyl sites for hydroxylation is 1. The summed E-state index contributed by atoms with van der Waals surface area (Å²) in [5.74, 6) is -1.18. The van der Waals surface area contributed by atoms with Crippen molar-refractivity contribution in [2.75, 3.05) is 0 Å². The number of hydrogen-bond donors (Lipinski definition) is 2. The molecule has 0 unspecified atom stereocenters. The third kappa shape index (κ3) is 1.57. The van der Waals surface area contributed by atoms with Gasteiger partial charge in [0.15, 0.2) is 5.43 Å². The molecule has 2 N–H and O–H groups in total. The van der Waals surface area contributed by atoms with Gasteiger partial charge >= 0.3 is 5.97 Å². The third-order valence-electron chi connectivity index (χ3n) is 2.37. The molecule has 1 aromatic heterocycles. The van der Waals surface area contributed by atoms with Crippen LogP contribution in [0.3, 0.4) is 0 Å². The van der Waals surface area contributed by atoms with E-state index in [4.69, 9.17) is 16.7 Å². The van der Waals surface area contributed by atoms with Crippen molar-refractivity contribution in [1.82, 2.24) is 4.98 Å². The molecule has 0 aliphatic rings. The standard InChI is InChI=1S/C11H8ClNO3/c1-5-2-3-6-8(14)4-7(11(15)16)13-10(6)9(5)12/h2-4H,1H3,(H,13,14)(H,15,16). The molecule has 1 heterocycles. The number of carboxylic acid groups (broad SMARTS) is 1. The lowest BCUT2D eigenvalue weighted by molar-refractivity contribution is 0.0691. The molecular formula is C11H8ClNO3. The Balaban J connectivity index is 2.94. The van der Waals surface area contributed by atoms with Crippen LogP contribution in [0.15, 0.2) is 23.0 Å². The van der Waals surface area contributed by atoms with Crippen LogP contribution in [0.4, 0.5) is 0 Å². The van der Waals surface area contributed by atoms with Gasteiger partial charge in [-0.2, -0.15) is 0 Å². The minimum atomic E-state index is -1.18. The van der Waals surface area contributed by atoms with Crippen LogP contribution in [0.25, 0.3) is 10.9 Å². The van der Waals surface area contributed by atoms with E-state index < -0.39 is 5.97 Å². The lowest BCUT2D eigenvalue weighted by atomic mass is 10.1. The largest absolute Gasteiger partial charge is 0.477 e. The number of nitrogens with one attached hydrogen (secondary N) is 1. The van der Waals surface area contributed by atoms with Gasteiger partial charge in [-0.05, 0) is 18.6 Å². The average molecular weight is 238 g/mol. The highest BCUT2D eigenvalue weighted by molar-refractivity contribution is 6.35. The molecule has 4 nitrogen and oxygen atoms in total. The fraction of sp³-hybridized carbons (Fsp3) is 0.0909. The summed E-state index contributed by atoms with van der Waals surface area (Å²) in [6.07, 6.45) is 0. The Labute approximate surface area is 95.5 Å². The van der Waals surface area contributed by atoms with Crippen LogP contribution in [0.2, 0.25) is 5.02 Å². The van der Waals surface area contributed by atoms with E-state index in [1.165, 1.54) is 0 Å². The maximum Gasteiger partial charge on any atom is 0.352 e. The van der Waals surface area contributed by atoms with Crippen LogP contribution in [0, 0.1) is 6.92 Å². The molecule has 0 atom stereocenters. The SMILES string of the molecule is Cc1ccc2c(=O)cc(C(=O)O)[nH]c2c1Cl. The Hall–Kier alpha value is -1.81. The van der Waals surface area contributed by atoms with Gasteiger partial charge < -0.3 is 10.1 Å². The Morgan fingerprint density at radius 1 is 1.44 bits per heavy atom. The van der Waals surface area contributed by atoms with Crippen molar-refractivity contribution >= 4 is 28.5 Å². The molecule has 0 radical (unpaired) electrons. The second-order valence-electron chi connectivity index (χ2n) is 3.47. The van der Waals surface area contributed by atoms with Crippen LogP contribution >= 0.6 is 11.6 Å². The van der Waals surface area contributed by atoms with E-state index in [2.05, 4.69) is 4.98 Å². The normalized spacial score (nSPS) is 10.6. The average Bonchev–Trinajstić information content (AvgIpc) is 2.23. The quantitative estimate of drug-likeness (QED) is 0.799. The maximum atomic E-state index is 11.6. The van der Waals surface area contributed by atoms with Crippen LogP contribution in [-0.2, 0) is 0 Å². The molecular weight excluding hydrogens is 230 g/mol. The Morgan fingerprint density at radius 3 is 2.75 bits per heavy atom. The van der Waals surface area contributed by atoms with Crippen LogP contribution in [0.1, 0.15) is 16.1 Å². The number of aromatic nitrogens is 1. The third-order valence-corrected chi connectivity index (χ3v) is 2.85. The highest BCUT2D eigenvalue weighted by atomic mass is 35.5. The number of aromatic carboxylic acids is 1. The highest BCUT2D eigenvalue weighted by Gasteiger charge is 2.10. The van der Waals surface area contributed by atoms with E-state index in [0.717, 1.165) is 11.6 Å². The van der Waals surface area contributed by atoms with E-state index in [0.29, 0.717) is 15.9 Å². The monoisotopic (exact) mass is 237 g/mol. The van der Waals surface area contributed by atoms with Crippen molar-refractivity contribution in [2.24, 2.45) is 0 Å². The minimum absolute atomic E-state index is 0.162. The predicted molar refractivity (Wildman–Crippen MR) is 61.3 cm³/mol. The molecule has 0 amide bonds. The molecule has 0 spiro atoms. The number of pyridine rings is 1. The number of fused-ring (bicyclic) bond motifs is 1. The van der Waals surface area contributed by atoms with Gasteiger partial charge in [0.25, 0.3) is 0 Å². The first-order chi connectivity index (χ1) is 7.50. The number of rotatable bonds is 1. The summed E-state index contributed by atoms with van der Waals surface area (Å²) in [6.45, 7) is 1.79. The summed E-state index contributed by atoms with van der Waals surface area (Å²) in [6, 6.07) is 4.40. The molecule has 2 aromatic rings. The molecule has 5 heteroatoms. The van der Waals surface area contributed by atoms with Crippen molar-refractivity contribution in [3.8, 4) is 0 Å². The number of H-pyrrole nitrogens is 1. The molecule has 0 saturated heterocycles. The molecule has 0 fully saturated rings. The topological polar surface area (TPSA) is 70.2 Å². The van der Waals surface area contributed by atoms with Gasteiger partial charge in [0.1, 0.15) is 5.69 Å². The number of carbonyl (C=O) groups is 1. The van der Waals surface area contributed by atoms with Crippen molar-refractivity contribution < 1.29 is 9.90 Å². The van der Waals surface area contributed by atoms with Crippen molar-refractivity contribution in [2.45, 2.75) is 6.92 Å². The molecule has 0 bridgehead atoms. The van der Waals surface area contributed by atoms with Crippen molar-refractivity contribution in [3.63, 3.8) is 0 Å². The summed E-state index contributed by atoms with van der Waals surface area (Å²) < 4.78 is 0. The van der Waals surface area contributed by atoms with Crippen LogP contribution in [-0.4, -0.2) is 16.1 Å². The molecule has 0 aliphatic carbocycles. The fourth-order valence-electron chi connectivity index (χ4n) is 1.50. The number of aromatic amines is 1.